The lowest BCUT2D eigenvalue weighted by molar-refractivity contribution is -0.128. The van der Waals surface area contributed by atoms with Gasteiger partial charge in [0.25, 0.3) is 0 Å². The summed E-state index contributed by atoms with van der Waals surface area (Å²) in [5, 5.41) is 11.2. The lowest BCUT2D eigenvalue weighted by Crippen LogP contribution is -2.42. The van der Waals surface area contributed by atoms with Crippen LogP contribution in [0.15, 0.2) is 23.1 Å². The van der Waals surface area contributed by atoms with Crippen LogP contribution >= 0.6 is 11.6 Å². The molecule has 0 aromatic heterocycles. The molecule has 146 valence electrons. The molecule has 2 aliphatic rings. The van der Waals surface area contributed by atoms with E-state index in [2.05, 4.69) is 11.4 Å². The number of carbonyl (C=O) groups excluding carboxylic acids is 1. The molecule has 0 spiro atoms. The topological polar surface area (TPSA) is 105 Å². The minimum atomic E-state index is -3.75. The Labute approximate surface area is 163 Å². The minimum Gasteiger partial charge on any atom is -0.497 e. The second kappa shape index (κ2) is 7.30. The summed E-state index contributed by atoms with van der Waals surface area (Å²) in [6.45, 7) is 0. The van der Waals surface area contributed by atoms with Crippen LogP contribution in [0.5, 0.6) is 5.75 Å². The first-order valence-electron chi connectivity index (χ1n) is 8.60. The van der Waals surface area contributed by atoms with E-state index in [1.54, 1.807) is 0 Å². The number of amides is 1. The van der Waals surface area contributed by atoms with Gasteiger partial charge < -0.3 is 14.8 Å². The molecule has 0 radical (unpaired) electrons. The number of methoxy groups -OCH3 is 2. The fraction of sp³-hybridized carbons (Fsp3) is 0.556. The van der Waals surface area contributed by atoms with Crippen molar-refractivity contribution >= 4 is 27.3 Å². The smallest absolute Gasteiger partial charge is 0.227 e. The van der Waals surface area contributed by atoms with Gasteiger partial charge in [-0.25, -0.2) is 8.42 Å². The molecule has 27 heavy (non-hydrogen) atoms. The lowest BCUT2D eigenvalue weighted by atomic mass is 10.0. The first-order valence-corrected chi connectivity index (χ1v) is 10.5. The van der Waals surface area contributed by atoms with Crippen molar-refractivity contribution in [1.29, 1.82) is 5.26 Å². The summed E-state index contributed by atoms with van der Waals surface area (Å²) in [4.78, 5) is 12.6. The molecule has 9 heteroatoms. The van der Waals surface area contributed by atoms with Gasteiger partial charge in [-0.05, 0) is 37.8 Å². The van der Waals surface area contributed by atoms with E-state index >= 15 is 0 Å². The third-order valence-electron chi connectivity index (χ3n) is 5.31. The molecule has 3 atom stereocenters. The molecule has 1 aromatic rings. The maximum absolute atomic E-state index is 13.1. The average Bonchev–Trinajstić information content (AvgIpc) is 3.27. The quantitative estimate of drug-likeness (QED) is 0.766. The van der Waals surface area contributed by atoms with Crippen LogP contribution in [0, 0.1) is 17.2 Å². The summed E-state index contributed by atoms with van der Waals surface area (Å²) in [5.41, 5.74) is -0.800. The van der Waals surface area contributed by atoms with E-state index in [0.717, 1.165) is 0 Å². The van der Waals surface area contributed by atoms with E-state index < -0.39 is 32.6 Å². The van der Waals surface area contributed by atoms with Crippen LogP contribution < -0.4 is 10.1 Å². The maximum Gasteiger partial charge on any atom is 0.227 e. The van der Waals surface area contributed by atoms with Crippen molar-refractivity contribution in [3.8, 4) is 11.8 Å². The second-order valence-electron chi connectivity index (χ2n) is 7.00. The highest BCUT2D eigenvalue weighted by Crippen LogP contribution is 2.40. The Bertz CT molecular complexity index is 892. The highest BCUT2D eigenvalue weighted by molar-refractivity contribution is 7.92. The van der Waals surface area contributed by atoms with Gasteiger partial charge in [0.05, 0.1) is 40.4 Å². The van der Waals surface area contributed by atoms with Crippen molar-refractivity contribution in [1.82, 2.24) is 5.32 Å². The molecule has 1 aromatic carbocycles. The van der Waals surface area contributed by atoms with Crippen molar-refractivity contribution in [3.63, 3.8) is 0 Å². The monoisotopic (exact) mass is 412 g/mol. The van der Waals surface area contributed by atoms with Crippen molar-refractivity contribution in [2.45, 2.75) is 47.5 Å². The van der Waals surface area contributed by atoms with Crippen LogP contribution in [-0.2, 0) is 19.4 Å². The molecule has 3 unspecified atom stereocenters. The third-order valence-corrected chi connectivity index (χ3v) is 7.97. The predicted molar refractivity (Wildman–Crippen MR) is 98.2 cm³/mol. The van der Waals surface area contributed by atoms with Crippen LogP contribution in [0.2, 0.25) is 5.02 Å². The van der Waals surface area contributed by atoms with Crippen LogP contribution in [0.4, 0.5) is 0 Å². The lowest BCUT2D eigenvalue weighted by Gasteiger charge is -2.19. The van der Waals surface area contributed by atoms with Gasteiger partial charge >= 0.3 is 0 Å². The van der Waals surface area contributed by atoms with Crippen LogP contribution in [-0.4, -0.2) is 45.4 Å². The van der Waals surface area contributed by atoms with Crippen molar-refractivity contribution < 1.29 is 22.7 Å². The summed E-state index contributed by atoms with van der Waals surface area (Å²) in [5.74, 6) is -0.499. The molecular formula is C18H21ClN2O5S. The summed E-state index contributed by atoms with van der Waals surface area (Å²) >= 11 is 6.15. The summed E-state index contributed by atoms with van der Waals surface area (Å²) in [6, 6.07) is 6.51. The van der Waals surface area contributed by atoms with E-state index in [9.17, 15) is 13.2 Å². The Hall–Kier alpha value is -1.82. The van der Waals surface area contributed by atoms with Gasteiger partial charge in [0, 0.05) is 13.2 Å². The highest BCUT2D eigenvalue weighted by atomic mass is 35.5. The Kier molecular flexibility index (Phi) is 5.39. The number of nitrogens with zero attached hydrogens (tertiary/aromatic N) is 1. The van der Waals surface area contributed by atoms with Gasteiger partial charge in [0.2, 0.25) is 5.91 Å². The summed E-state index contributed by atoms with van der Waals surface area (Å²) in [7, 11) is -0.825. The molecule has 7 nitrogen and oxygen atoms in total. The third kappa shape index (κ3) is 3.77. The van der Waals surface area contributed by atoms with Crippen molar-refractivity contribution in [2.24, 2.45) is 5.92 Å². The molecule has 0 heterocycles. The fourth-order valence-corrected chi connectivity index (χ4v) is 5.83. The average molecular weight is 413 g/mol. The van der Waals surface area contributed by atoms with E-state index in [1.807, 2.05) is 0 Å². The minimum absolute atomic E-state index is 0.0153. The number of nitriles is 1. The van der Waals surface area contributed by atoms with Crippen molar-refractivity contribution in [3.05, 3.63) is 23.2 Å². The van der Waals surface area contributed by atoms with Crippen LogP contribution in [0.1, 0.15) is 25.7 Å². The number of nitrogens with one attached hydrogen (secondary N) is 1. The van der Waals surface area contributed by atoms with Gasteiger partial charge in [-0.3, -0.25) is 4.79 Å². The molecule has 0 saturated heterocycles. The zero-order valence-corrected chi connectivity index (χ0v) is 16.6. The Morgan fingerprint density at radius 1 is 1.33 bits per heavy atom. The molecule has 1 N–H and O–H groups in total. The molecule has 0 aliphatic heterocycles. The second-order valence-corrected chi connectivity index (χ2v) is 9.60. The van der Waals surface area contributed by atoms with Gasteiger partial charge in [0.15, 0.2) is 9.84 Å². The number of hydrogen-bond donors (Lipinski definition) is 1. The summed E-state index contributed by atoms with van der Waals surface area (Å²) < 4.78 is 36.6. The van der Waals surface area contributed by atoms with E-state index in [1.165, 1.54) is 32.4 Å². The van der Waals surface area contributed by atoms with Gasteiger partial charge in [-0.1, -0.05) is 11.6 Å². The predicted octanol–water partition coefficient (Wildman–Crippen LogP) is 2.09. The molecule has 2 aliphatic carbocycles. The number of halogens is 1. The zero-order valence-electron chi connectivity index (χ0n) is 15.1. The van der Waals surface area contributed by atoms with Crippen LogP contribution in [0.3, 0.4) is 0 Å². The number of benzene rings is 1. The van der Waals surface area contributed by atoms with E-state index in [0.29, 0.717) is 18.6 Å². The molecule has 2 saturated carbocycles. The Balaban J connectivity index is 1.81. The van der Waals surface area contributed by atoms with E-state index in [4.69, 9.17) is 26.3 Å². The SMILES string of the molecule is COc1ccc(S(=O)(=O)C2CC(OC)C(C(=O)NC3(C#N)CC3)C2)c(Cl)c1. The van der Waals surface area contributed by atoms with Gasteiger partial charge in [-0.15, -0.1) is 0 Å². The number of ether oxygens (including phenoxy) is 2. The standard InChI is InChI=1S/C18H21ClN2O5S/c1-25-11-3-4-16(14(19)7-11)27(23,24)12-8-13(15(9-12)26-2)17(22)21-18(10-20)5-6-18/h3-4,7,12-13,15H,5-6,8-9H2,1-2H3,(H,21,22). The first kappa shape index (κ1) is 19.9. The summed E-state index contributed by atoms with van der Waals surface area (Å²) in [6.07, 6.45) is 1.01. The van der Waals surface area contributed by atoms with Crippen LogP contribution in [0.25, 0.3) is 0 Å². The number of rotatable bonds is 6. The van der Waals surface area contributed by atoms with E-state index in [-0.39, 0.29) is 28.7 Å². The molecule has 0 bridgehead atoms. The Morgan fingerprint density at radius 2 is 2.04 bits per heavy atom. The number of carbonyl (C=O) groups is 1. The normalized spacial score (nSPS) is 26.2. The molecule has 3 rings (SSSR count). The largest absolute Gasteiger partial charge is 0.497 e. The highest BCUT2D eigenvalue weighted by Gasteiger charge is 2.50. The van der Waals surface area contributed by atoms with Gasteiger partial charge in [-0.2, -0.15) is 5.26 Å². The first-order chi connectivity index (χ1) is 12.8. The van der Waals surface area contributed by atoms with Crippen molar-refractivity contribution in [2.75, 3.05) is 14.2 Å². The molecule has 2 fully saturated rings. The maximum atomic E-state index is 13.1. The molecular weight excluding hydrogens is 392 g/mol. The zero-order chi connectivity index (χ0) is 19.8. The van der Waals surface area contributed by atoms with Gasteiger partial charge in [0.1, 0.15) is 11.3 Å². The number of sulfone groups is 1. The molecule has 1 amide bonds. The number of hydrogen-bond acceptors (Lipinski definition) is 6. The Morgan fingerprint density at radius 3 is 2.56 bits per heavy atom. The fourth-order valence-electron chi connectivity index (χ4n) is 3.48.